The number of benzene rings is 2. The predicted octanol–water partition coefficient (Wildman–Crippen LogP) is 2.15. The molecule has 134 valence electrons. The number of carbonyl (C=O) groups excluding carboxylic acids is 3. The van der Waals surface area contributed by atoms with Gasteiger partial charge in [-0.1, -0.05) is 36.4 Å². The third-order valence-electron chi connectivity index (χ3n) is 4.04. The van der Waals surface area contributed by atoms with Gasteiger partial charge in [-0.3, -0.25) is 9.59 Å². The van der Waals surface area contributed by atoms with E-state index in [2.05, 4.69) is 5.32 Å². The molecule has 0 spiro atoms. The number of carbonyl (C=O) groups is 3. The van der Waals surface area contributed by atoms with Crippen LogP contribution in [-0.2, 0) is 9.53 Å². The lowest BCUT2D eigenvalue weighted by Gasteiger charge is -2.23. The molecule has 1 unspecified atom stereocenters. The van der Waals surface area contributed by atoms with Crippen molar-refractivity contribution in [3.8, 4) is 5.75 Å². The van der Waals surface area contributed by atoms with Crippen molar-refractivity contribution >= 4 is 17.9 Å². The van der Waals surface area contributed by atoms with Gasteiger partial charge in [-0.2, -0.15) is 0 Å². The predicted molar refractivity (Wildman–Crippen MR) is 92.7 cm³/mol. The highest BCUT2D eigenvalue weighted by atomic mass is 16.6. The number of rotatable bonds is 6. The highest BCUT2D eigenvalue weighted by Gasteiger charge is 2.33. The number of nitrogens with zero attached hydrogens (tertiary/aromatic N) is 1. The lowest BCUT2D eigenvalue weighted by molar-refractivity contribution is -0.126. The van der Waals surface area contributed by atoms with Gasteiger partial charge >= 0.3 is 6.09 Å². The summed E-state index contributed by atoms with van der Waals surface area (Å²) in [5.74, 6) is -0.198. The summed E-state index contributed by atoms with van der Waals surface area (Å²) < 4.78 is 9.88. The van der Waals surface area contributed by atoms with Gasteiger partial charge in [0.15, 0.2) is 6.61 Å². The topological polar surface area (TPSA) is 84.9 Å². The number of amides is 3. The molecular formula is C19H18N2O5. The quantitative estimate of drug-likeness (QED) is 0.859. The summed E-state index contributed by atoms with van der Waals surface area (Å²) in [5, 5.41) is 2.87. The summed E-state index contributed by atoms with van der Waals surface area (Å²) in [6, 6.07) is 15.3. The average Bonchev–Trinajstić information content (AvgIpc) is 3.00. The zero-order chi connectivity index (χ0) is 18.5. The smallest absolute Gasteiger partial charge is 0.417 e. The first-order valence-electron chi connectivity index (χ1n) is 8.05. The van der Waals surface area contributed by atoms with Gasteiger partial charge in [-0.25, -0.2) is 9.69 Å². The number of imide groups is 1. The maximum Gasteiger partial charge on any atom is 0.417 e. The van der Waals surface area contributed by atoms with E-state index in [0.29, 0.717) is 11.3 Å². The summed E-state index contributed by atoms with van der Waals surface area (Å²) in [5.41, 5.74) is 1.19. The van der Waals surface area contributed by atoms with E-state index in [1.54, 1.807) is 24.3 Å². The Bertz CT molecular complexity index is 806. The van der Waals surface area contributed by atoms with Gasteiger partial charge in [0.05, 0.1) is 19.7 Å². The number of hydrogen-bond acceptors (Lipinski definition) is 5. The molecule has 0 aromatic heterocycles. The number of methoxy groups -OCH3 is 1. The average molecular weight is 354 g/mol. The van der Waals surface area contributed by atoms with E-state index in [0.717, 1.165) is 10.5 Å². The minimum Gasteiger partial charge on any atom is -0.497 e. The SMILES string of the molecule is COc1cccc(C(=O)NC(CN2C(=O)COC2=O)c2ccccc2)c1. The highest BCUT2D eigenvalue weighted by molar-refractivity contribution is 5.98. The van der Waals surface area contributed by atoms with Gasteiger partial charge in [0.1, 0.15) is 5.75 Å². The van der Waals surface area contributed by atoms with Gasteiger partial charge in [0.25, 0.3) is 11.8 Å². The van der Waals surface area contributed by atoms with Crippen molar-refractivity contribution in [1.82, 2.24) is 10.2 Å². The first-order chi connectivity index (χ1) is 12.6. The second kappa shape index (κ2) is 7.69. The van der Waals surface area contributed by atoms with Gasteiger partial charge in [0, 0.05) is 5.56 Å². The molecule has 1 N–H and O–H groups in total. The minimum atomic E-state index is -0.702. The Labute approximate surface area is 150 Å². The van der Waals surface area contributed by atoms with E-state index in [-0.39, 0.29) is 19.1 Å². The van der Waals surface area contributed by atoms with Crippen molar-refractivity contribution in [1.29, 1.82) is 0 Å². The number of nitrogens with one attached hydrogen (secondary N) is 1. The Morgan fingerprint density at radius 1 is 1.19 bits per heavy atom. The summed E-state index contributed by atoms with van der Waals surface area (Å²) in [6.45, 7) is -0.276. The molecule has 7 heteroatoms. The third kappa shape index (κ3) is 3.83. The first kappa shape index (κ1) is 17.5. The highest BCUT2D eigenvalue weighted by Crippen LogP contribution is 2.19. The minimum absolute atomic E-state index is 0.00259. The van der Waals surface area contributed by atoms with Crippen molar-refractivity contribution < 1.29 is 23.9 Å². The fourth-order valence-electron chi connectivity index (χ4n) is 2.67. The summed E-state index contributed by atoms with van der Waals surface area (Å²) in [6.07, 6.45) is -0.702. The lowest BCUT2D eigenvalue weighted by atomic mass is 10.1. The second-order valence-corrected chi connectivity index (χ2v) is 5.73. The van der Waals surface area contributed by atoms with E-state index in [9.17, 15) is 14.4 Å². The Morgan fingerprint density at radius 3 is 2.62 bits per heavy atom. The van der Waals surface area contributed by atoms with Gasteiger partial charge in [0.2, 0.25) is 0 Å². The molecule has 2 aromatic carbocycles. The van der Waals surface area contributed by atoms with E-state index in [1.165, 1.54) is 7.11 Å². The van der Waals surface area contributed by atoms with Crippen LogP contribution in [0.15, 0.2) is 54.6 Å². The number of cyclic esters (lactones) is 1. The first-order valence-corrected chi connectivity index (χ1v) is 8.05. The van der Waals surface area contributed by atoms with Crippen LogP contribution in [0.1, 0.15) is 22.0 Å². The Hall–Kier alpha value is -3.35. The van der Waals surface area contributed by atoms with Crippen molar-refractivity contribution in [2.24, 2.45) is 0 Å². The molecule has 7 nitrogen and oxygen atoms in total. The second-order valence-electron chi connectivity index (χ2n) is 5.73. The largest absolute Gasteiger partial charge is 0.497 e. The molecule has 3 rings (SSSR count). The lowest BCUT2D eigenvalue weighted by Crippen LogP contribution is -2.40. The Morgan fingerprint density at radius 2 is 1.96 bits per heavy atom. The van der Waals surface area contributed by atoms with Gasteiger partial charge < -0.3 is 14.8 Å². The van der Waals surface area contributed by atoms with Gasteiger partial charge in [-0.05, 0) is 23.8 Å². The summed E-state index contributed by atoms with van der Waals surface area (Å²) in [4.78, 5) is 37.2. The fraction of sp³-hybridized carbons (Fsp3) is 0.211. The van der Waals surface area contributed by atoms with E-state index < -0.39 is 18.0 Å². The molecule has 1 saturated heterocycles. The number of ether oxygens (including phenoxy) is 2. The maximum atomic E-state index is 12.6. The van der Waals surface area contributed by atoms with Crippen LogP contribution in [0, 0.1) is 0 Å². The molecule has 1 aliphatic rings. The van der Waals surface area contributed by atoms with Crippen LogP contribution >= 0.6 is 0 Å². The Kier molecular flexibility index (Phi) is 5.17. The van der Waals surface area contributed by atoms with E-state index >= 15 is 0 Å². The van der Waals surface area contributed by atoms with Crippen LogP contribution in [0.4, 0.5) is 4.79 Å². The molecule has 3 amide bonds. The van der Waals surface area contributed by atoms with Crippen LogP contribution in [0.2, 0.25) is 0 Å². The van der Waals surface area contributed by atoms with Crippen LogP contribution in [-0.4, -0.2) is 43.1 Å². The third-order valence-corrected chi connectivity index (χ3v) is 4.04. The summed E-state index contributed by atoms with van der Waals surface area (Å²) in [7, 11) is 1.52. The zero-order valence-electron chi connectivity index (χ0n) is 14.2. The fourth-order valence-corrected chi connectivity index (χ4v) is 2.67. The molecule has 0 aliphatic carbocycles. The molecule has 1 fully saturated rings. The number of hydrogen-bond donors (Lipinski definition) is 1. The monoisotopic (exact) mass is 354 g/mol. The van der Waals surface area contributed by atoms with Gasteiger partial charge in [-0.15, -0.1) is 0 Å². The molecule has 0 bridgehead atoms. The zero-order valence-corrected chi connectivity index (χ0v) is 14.2. The van der Waals surface area contributed by atoms with E-state index in [1.807, 2.05) is 30.3 Å². The molecule has 2 aromatic rings. The molecule has 26 heavy (non-hydrogen) atoms. The normalized spacial score (nSPS) is 14.7. The summed E-state index contributed by atoms with van der Waals surface area (Å²) >= 11 is 0. The molecule has 0 saturated carbocycles. The molecule has 1 aliphatic heterocycles. The van der Waals surface area contributed by atoms with Crippen LogP contribution < -0.4 is 10.1 Å². The van der Waals surface area contributed by atoms with Crippen LogP contribution in [0.3, 0.4) is 0 Å². The maximum absolute atomic E-state index is 12.6. The Balaban J connectivity index is 1.82. The molecular weight excluding hydrogens is 336 g/mol. The van der Waals surface area contributed by atoms with Crippen molar-refractivity contribution in [2.45, 2.75) is 6.04 Å². The van der Waals surface area contributed by atoms with Crippen LogP contribution in [0.25, 0.3) is 0 Å². The van der Waals surface area contributed by atoms with E-state index in [4.69, 9.17) is 9.47 Å². The molecule has 0 radical (unpaired) electrons. The van der Waals surface area contributed by atoms with Crippen molar-refractivity contribution in [2.75, 3.05) is 20.3 Å². The van der Waals surface area contributed by atoms with Crippen LogP contribution in [0.5, 0.6) is 5.75 Å². The standard InChI is InChI=1S/C19H18N2O5/c1-25-15-9-5-8-14(10-15)18(23)20-16(13-6-3-2-4-7-13)11-21-17(22)12-26-19(21)24/h2-10,16H,11-12H2,1H3,(H,20,23). The molecule has 1 atom stereocenters. The van der Waals surface area contributed by atoms with Crippen molar-refractivity contribution in [3.63, 3.8) is 0 Å². The molecule has 1 heterocycles. The van der Waals surface area contributed by atoms with Crippen molar-refractivity contribution in [3.05, 3.63) is 65.7 Å².